The Labute approximate surface area is 146 Å². The lowest BCUT2D eigenvalue weighted by Gasteiger charge is -2.28. The quantitative estimate of drug-likeness (QED) is 0.871. The number of anilines is 1. The molecule has 2 aromatic rings. The number of nitrogens with zero attached hydrogens (tertiary/aromatic N) is 4. The number of hydrogen-bond acceptors (Lipinski definition) is 6. The van der Waals surface area contributed by atoms with Crippen LogP contribution in [0.2, 0.25) is 0 Å². The fourth-order valence-corrected chi connectivity index (χ4v) is 4.01. The van der Waals surface area contributed by atoms with Crippen molar-refractivity contribution in [3.05, 3.63) is 48.0 Å². The summed E-state index contributed by atoms with van der Waals surface area (Å²) >= 11 is 0. The number of hydroxylamine groups is 1. The fourth-order valence-electron chi connectivity index (χ4n) is 2.96. The molecule has 0 saturated carbocycles. The van der Waals surface area contributed by atoms with Gasteiger partial charge in [-0.3, -0.25) is 14.5 Å². The Morgan fingerprint density at radius 1 is 1.36 bits per heavy atom. The first-order valence-corrected chi connectivity index (χ1v) is 9.55. The van der Waals surface area contributed by atoms with Gasteiger partial charge in [-0.05, 0) is 18.2 Å². The Balaban J connectivity index is 1.48. The van der Waals surface area contributed by atoms with Gasteiger partial charge in [-0.2, -0.15) is 0 Å². The van der Waals surface area contributed by atoms with Gasteiger partial charge in [0.1, 0.15) is 11.9 Å². The van der Waals surface area contributed by atoms with Gasteiger partial charge in [-0.1, -0.05) is 11.3 Å². The van der Waals surface area contributed by atoms with E-state index in [0.29, 0.717) is 36.8 Å². The molecule has 1 atom stereocenters. The minimum absolute atomic E-state index is 0.198. The number of aromatic nitrogens is 3. The second kappa shape index (κ2) is 6.93. The Kier molecular flexibility index (Phi) is 4.50. The van der Waals surface area contributed by atoms with E-state index in [4.69, 9.17) is 4.84 Å². The topological polar surface area (TPSA) is 72.3 Å². The van der Waals surface area contributed by atoms with Crippen LogP contribution < -0.4 is 10.4 Å². The number of rotatable bonds is 4. The second-order valence-corrected chi connectivity index (χ2v) is 7.66. The lowest BCUT2D eigenvalue weighted by Crippen LogP contribution is -2.38. The van der Waals surface area contributed by atoms with E-state index < -0.39 is 10.8 Å². The summed E-state index contributed by atoms with van der Waals surface area (Å²) in [4.78, 5) is 7.44. The monoisotopic (exact) mass is 363 g/mol. The second-order valence-electron chi connectivity index (χ2n) is 5.97. The van der Waals surface area contributed by atoms with Crippen molar-refractivity contribution in [2.45, 2.75) is 12.6 Å². The van der Waals surface area contributed by atoms with Crippen molar-refractivity contribution in [1.82, 2.24) is 20.5 Å². The molecule has 0 spiro atoms. The molecule has 25 heavy (non-hydrogen) atoms. The summed E-state index contributed by atoms with van der Waals surface area (Å²) in [6, 6.07) is 5.14. The molecule has 0 aliphatic carbocycles. The zero-order valence-electron chi connectivity index (χ0n) is 13.5. The lowest BCUT2D eigenvalue weighted by molar-refractivity contribution is 0.0395. The number of hydrogen-bond donors (Lipinski definition) is 1. The molecule has 0 bridgehead atoms. The molecular weight excluding hydrogens is 345 g/mol. The SMILES string of the molecule is O=S1CCN(c2ccc(C3=CC(Cn4ccnn4)ON3)cc2F)CC1. The summed E-state index contributed by atoms with van der Waals surface area (Å²) < 4.78 is 27.7. The molecule has 1 fully saturated rings. The minimum Gasteiger partial charge on any atom is -0.367 e. The van der Waals surface area contributed by atoms with Crippen LogP contribution in [-0.2, 0) is 22.2 Å². The van der Waals surface area contributed by atoms with E-state index in [0.717, 1.165) is 11.3 Å². The summed E-state index contributed by atoms with van der Waals surface area (Å²) in [6.45, 7) is 1.77. The molecule has 1 saturated heterocycles. The Morgan fingerprint density at radius 3 is 2.92 bits per heavy atom. The first kappa shape index (κ1) is 16.2. The van der Waals surface area contributed by atoms with E-state index in [1.807, 2.05) is 17.0 Å². The van der Waals surface area contributed by atoms with Gasteiger partial charge in [0.05, 0.1) is 24.1 Å². The van der Waals surface area contributed by atoms with E-state index in [9.17, 15) is 8.60 Å². The third-order valence-electron chi connectivity index (χ3n) is 4.29. The van der Waals surface area contributed by atoms with Crippen molar-refractivity contribution in [3.8, 4) is 0 Å². The first-order valence-electron chi connectivity index (χ1n) is 8.06. The average Bonchev–Trinajstić information content (AvgIpc) is 3.28. The van der Waals surface area contributed by atoms with Crippen molar-refractivity contribution in [1.29, 1.82) is 0 Å². The van der Waals surface area contributed by atoms with Crippen LogP contribution >= 0.6 is 0 Å². The van der Waals surface area contributed by atoms with E-state index in [1.165, 1.54) is 6.07 Å². The molecule has 1 unspecified atom stereocenters. The van der Waals surface area contributed by atoms with Gasteiger partial charge in [-0.25, -0.2) is 9.07 Å². The third-order valence-corrected chi connectivity index (χ3v) is 5.56. The highest BCUT2D eigenvalue weighted by Crippen LogP contribution is 2.26. The molecule has 4 rings (SSSR count). The van der Waals surface area contributed by atoms with Crippen LogP contribution in [0.25, 0.3) is 5.70 Å². The predicted octanol–water partition coefficient (Wildman–Crippen LogP) is 0.930. The lowest BCUT2D eigenvalue weighted by atomic mass is 10.1. The standard InChI is InChI=1S/C16H18FN5O2S/c17-14-9-12(1-2-16(14)21-5-7-25(23)8-6-21)15-10-13(24-19-15)11-22-4-3-18-20-22/h1-4,9-10,13,19H,5-8,11H2. The van der Waals surface area contributed by atoms with Gasteiger partial charge in [0.25, 0.3) is 0 Å². The van der Waals surface area contributed by atoms with Gasteiger partial charge in [0.15, 0.2) is 0 Å². The fraction of sp³-hybridized carbons (Fsp3) is 0.375. The van der Waals surface area contributed by atoms with E-state index in [1.54, 1.807) is 23.1 Å². The normalized spacial score (nSPS) is 21.2. The number of benzene rings is 1. The maximum atomic E-state index is 14.6. The molecule has 1 N–H and O–H groups in total. The van der Waals surface area contributed by atoms with E-state index in [-0.39, 0.29) is 11.9 Å². The van der Waals surface area contributed by atoms with Crippen LogP contribution in [0, 0.1) is 5.82 Å². The average molecular weight is 363 g/mol. The molecule has 132 valence electrons. The molecule has 0 amide bonds. The number of nitrogens with one attached hydrogen (secondary N) is 1. The van der Waals surface area contributed by atoms with Crippen LogP contribution in [0.15, 0.2) is 36.7 Å². The molecule has 2 aliphatic heterocycles. The van der Waals surface area contributed by atoms with Crippen LogP contribution in [0.5, 0.6) is 0 Å². The summed E-state index contributed by atoms with van der Waals surface area (Å²) in [6.07, 6.45) is 5.07. The molecule has 0 radical (unpaired) electrons. The summed E-state index contributed by atoms with van der Waals surface area (Å²) in [5, 5.41) is 7.66. The highest BCUT2D eigenvalue weighted by Gasteiger charge is 2.21. The van der Waals surface area contributed by atoms with E-state index in [2.05, 4.69) is 15.8 Å². The molecule has 7 nitrogen and oxygen atoms in total. The molecule has 1 aromatic carbocycles. The maximum Gasteiger partial charge on any atom is 0.147 e. The Hall–Kier alpha value is -2.26. The summed E-state index contributed by atoms with van der Waals surface area (Å²) in [7, 11) is -0.777. The van der Waals surface area contributed by atoms with Crippen LogP contribution in [-0.4, -0.2) is 49.9 Å². The molecule has 3 heterocycles. The smallest absolute Gasteiger partial charge is 0.147 e. The van der Waals surface area contributed by atoms with Gasteiger partial charge in [0.2, 0.25) is 0 Å². The van der Waals surface area contributed by atoms with Gasteiger partial charge in [-0.15, -0.1) is 5.10 Å². The van der Waals surface area contributed by atoms with Gasteiger partial charge in [0, 0.05) is 47.2 Å². The van der Waals surface area contributed by atoms with Crippen molar-refractivity contribution in [3.63, 3.8) is 0 Å². The minimum atomic E-state index is -0.777. The Morgan fingerprint density at radius 2 is 2.20 bits per heavy atom. The van der Waals surface area contributed by atoms with Gasteiger partial charge < -0.3 is 4.90 Å². The van der Waals surface area contributed by atoms with Crippen LogP contribution in [0.3, 0.4) is 0 Å². The first-order chi connectivity index (χ1) is 12.2. The molecular formula is C16H18FN5O2S. The van der Waals surface area contributed by atoms with Crippen molar-refractivity contribution in [2.75, 3.05) is 29.5 Å². The largest absolute Gasteiger partial charge is 0.367 e. The zero-order valence-corrected chi connectivity index (χ0v) is 14.3. The summed E-state index contributed by atoms with van der Waals surface area (Å²) in [5.41, 5.74) is 4.86. The zero-order chi connectivity index (χ0) is 17.2. The van der Waals surface area contributed by atoms with Crippen molar-refractivity contribution >= 4 is 22.2 Å². The van der Waals surface area contributed by atoms with Crippen LogP contribution in [0.4, 0.5) is 10.1 Å². The third kappa shape index (κ3) is 3.57. The van der Waals surface area contributed by atoms with Crippen LogP contribution in [0.1, 0.15) is 5.56 Å². The Bertz CT molecular complexity index is 801. The molecule has 9 heteroatoms. The highest BCUT2D eigenvalue weighted by molar-refractivity contribution is 7.85. The number of halogens is 1. The maximum absolute atomic E-state index is 14.6. The van der Waals surface area contributed by atoms with Crippen molar-refractivity contribution in [2.24, 2.45) is 0 Å². The van der Waals surface area contributed by atoms with Crippen molar-refractivity contribution < 1.29 is 13.4 Å². The highest BCUT2D eigenvalue weighted by atomic mass is 32.2. The molecule has 2 aliphatic rings. The van der Waals surface area contributed by atoms with E-state index >= 15 is 0 Å². The molecule has 1 aromatic heterocycles. The predicted molar refractivity (Wildman–Crippen MR) is 92.5 cm³/mol. The van der Waals surface area contributed by atoms with Gasteiger partial charge >= 0.3 is 0 Å². The summed E-state index contributed by atoms with van der Waals surface area (Å²) in [5.74, 6) is 0.893.